The van der Waals surface area contributed by atoms with Crippen LogP contribution in [-0.2, 0) is 16.4 Å². The van der Waals surface area contributed by atoms with Gasteiger partial charge in [-0.3, -0.25) is 4.72 Å². The highest BCUT2D eigenvalue weighted by Gasteiger charge is 2.17. The van der Waals surface area contributed by atoms with Crippen LogP contribution in [-0.4, -0.2) is 15.0 Å². The molecule has 2 aromatic rings. The number of anilines is 2. The molecule has 0 bridgehead atoms. The van der Waals surface area contributed by atoms with E-state index in [9.17, 15) is 8.42 Å². The Morgan fingerprint density at radius 2 is 1.86 bits per heavy atom. The topological polar surface area (TPSA) is 58.2 Å². The van der Waals surface area contributed by atoms with Crippen LogP contribution in [0.4, 0.5) is 11.4 Å². The summed E-state index contributed by atoms with van der Waals surface area (Å²) in [6.45, 7) is 0.941. The monoisotopic (exact) mass is 366 g/mol. The molecule has 1 aliphatic heterocycles. The van der Waals surface area contributed by atoms with Gasteiger partial charge in [0.2, 0.25) is 0 Å². The van der Waals surface area contributed by atoms with Crippen molar-refractivity contribution in [3.05, 3.63) is 52.5 Å². The molecule has 0 fully saturated rings. The van der Waals surface area contributed by atoms with Gasteiger partial charge in [0.25, 0.3) is 10.0 Å². The highest BCUT2D eigenvalue weighted by Crippen LogP contribution is 2.26. The Labute approximate surface area is 132 Å². The van der Waals surface area contributed by atoms with Crippen LogP contribution in [0.1, 0.15) is 12.0 Å². The van der Waals surface area contributed by atoms with E-state index in [4.69, 9.17) is 0 Å². The second-order valence-electron chi connectivity index (χ2n) is 4.96. The number of benzene rings is 2. The van der Waals surface area contributed by atoms with E-state index in [1.807, 2.05) is 6.07 Å². The smallest absolute Gasteiger partial charge is 0.261 e. The molecule has 1 heterocycles. The van der Waals surface area contributed by atoms with Gasteiger partial charge < -0.3 is 5.32 Å². The quantitative estimate of drug-likeness (QED) is 0.872. The van der Waals surface area contributed by atoms with Crippen molar-refractivity contribution in [1.82, 2.24) is 0 Å². The third kappa shape index (κ3) is 3.22. The summed E-state index contributed by atoms with van der Waals surface area (Å²) in [5.74, 6) is 0. The SMILES string of the molecule is O=S(=O)(Nc1ccc(Br)cc1)c1ccc2c(c1)CCCN2. The van der Waals surface area contributed by atoms with Crippen LogP contribution in [0.3, 0.4) is 0 Å². The highest BCUT2D eigenvalue weighted by atomic mass is 79.9. The molecule has 0 unspecified atom stereocenters. The van der Waals surface area contributed by atoms with Crippen molar-refractivity contribution in [2.75, 3.05) is 16.6 Å². The fraction of sp³-hybridized carbons (Fsp3) is 0.200. The maximum Gasteiger partial charge on any atom is 0.261 e. The molecule has 0 saturated carbocycles. The summed E-state index contributed by atoms with van der Waals surface area (Å²) < 4.78 is 28.4. The van der Waals surface area contributed by atoms with Gasteiger partial charge in [0.15, 0.2) is 0 Å². The maximum atomic E-state index is 12.4. The molecule has 0 aliphatic carbocycles. The van der Waals surface area contributed by atoms with E-state index in [1.165, 1.54) is 0 Å². The summed E-state index contributed by atoms with van der Waals surface area (Å²) in [5.41, 5.74) is 2.64. The zero-order valence-corrected chi connectivity index (χ0v) is 13.7. The number of halogens is 1. The van der Waals surface area contributed by atoms with Gasteiger partial charge in [-0.2, -0.15) is 0 Å². The number of nitrogens with one attached hydrogen (secondary N) is 2. The average molecular weight is 367 g/mol. The molecule has 4 nitrogen and oxygen atoms in total. The molecule has 2 aromatic carbocycles. The van der Waals surface area contributed by atoms with Crippen LogP contribution < -0.4 is 10.0 Å². The lowest BCUT2D eigenvalue weighted by atomic mass is 10.0. The number of sulfonamides is 1. The number of rotatable bonds is 3. The third-order valence-corrected chi connectivity index (χ3v) is 5.33. The second-order valence-corrected chi connectivity index (χ2v) is 7.56. The predicted molar refractivity (Wildman–Crippen MR) is 88.2 cm³/mol. The van der Waals surface area contributed by atoms with Gasteiger partial charge in [-0.25, -0.2) is 8.42 Å². The summed E-state index contributed by atoms with van der Waals surface area (Å²) in [6, 6.07) is 12.3. The summed E-state index contributed by atoms with van der Waals surface area (Å²) in [5, 5.41) is 3.28. The van der Waals surface area contributed by atoms with Crippen molar-refractivity contribution in [3.63, 3.8) is 0 Å². The lowest BCUT2D eigenvalue weighted by Crippen LogP contribution is -2.16. The van der Waals surface area contributed by atoms with Crippen LogP contribution in [0.2, 0.25) is 0 Å². The molecule has 3 rings (SSSR count). The number of hydrogen-bond acceptors (Lipinski definition) is 3. The van der Waals surface area contributed by atoms with Gasteiger partial charge in [0, 0.05) is 22.4 Å². The largest absolute Gasteiger partial charge is 0.385 e. The maximum absolute atomic E-state index is 12.4. The van der Waals surface area contributed by atoms with E-state index in [2.05, 4.69) is 26.0 Å². The molecule has 21 heavy (non-hydrogen) atoms. The van der Waals surface area contributed by atoms with E-state index in [-0.39, 0.29) is 0 Å². The van der Waals surface area contributed by atoms with Gasteiger partial charge >= 0.3 is 0 Å². The lowest BCUT2D eigenvalue weighted by molar-refractivity contribution is 0.601. The van der Waals surface area contributed by atoms with Gasteiger partial charge in [0.05, 0.1) is 4.90 Å². The Morgan fingerprint density at radius 3 is 2.62 bits per heavy atom. The molecular formula is C15H15BrN2O2S. The minimum absolute atomic E-state index is 0.299. The third-order valence-electron chi connectivity index (χ3n) is 3.42. The van der Waals surface area contributed by atoms with Crippen molar-refractivity contribution >= 4 is 37.3 Å². The van der Waals surface area contributed by atoms with Crippen molar-refractivity contribution in [2.45, 2.75) is 17.7 Å². The van der Waals surface area contributed by atoms with Crippen LogP contribution in [0.5, 0.6) is 0 Å². The predicted octanol–water partition coefficient (Wildman–Crippen LogP) is 3.61. The molecule has 110 valence electrons. The Bertz CT molecular complexity index is 758. The molecule has 0 aromatic heterocycles. The first-order valence-electron chi connectivity index (χ1n) is 6.70. The zero-order valence-electron chi connectivity index (χ0n) is 11.3. The lowest BCUT2D eigenvalue weighted by Gasteiger charge is -2.18. The van der Waals surface area contributed by atoms with Crippen LogP contribution >= 0.6 is 15.9 Å². The van der Waals surface area contributed by atoms with E-state index < -0.39 is 10.0 Å². The van der Waals surface area contributed by atoms with Gasteiger partial charge in [0.1, 0.15) is 0 Å². The Morgan fingerprint density at radius 1 is 1.10 bits per heavy atom. The summed E-state index contributed by atoms with van der Waals surface area (Å²) in [7, 11) is -3.55. The van der Waals surface area contributed by atoms with E-state index in [0.717, 1.165) is 35.1 Å². The molecule has 6 heteroatoms. The first-order chi connectivity index (χ1) is 10.0. The van der Waals surface area contributed by atoms with Crippen LogP contribution in [0.15, 0.2) is 51.8 Å². The van der Waals surface area contributed by atoms with Gasteiger partial charge in [-0.15, -0.1) is 0 Å². The molecule has 0 atom stereocenters. The normalized spacial score (nSPS) is 14.1. The van der Waals surface area contributed by atoms with E-state index >= 15 is 0 Å². The second kappa shape index (κ2) is 5.69. The first kappa shape index (κ1) is 14.4. The molecule has 0 saturated heterocycles. The Balaban J connectivity index is 1.89. The minimum Gasteiger partial charge on any atom is -0.385 e. The Hall–Kier alpha value is -1.53. The summed E-state index contributed by atoms with van der Waals surface area (Å²) >= 11 is 3.33. The fourth-order valence-electron chi connectivity index (χ4n) is 2.35. The molecule has 1 aliphatic rings. The van der Waals surface area contributed by atoms with E-state index in [0.29, 0.717) is 10.6 Å². The van der Waals surface area contributed by atoms with Crippen molar-refractivity contribution in [2.24, 2.45) is 0 Å². The molecular weight excluding hydrogens is 352 g/mol. The van der Waals surface area contributed by atoms with Crippen molar-refractivity contribution in [1.29, 1.82) is 0 Å². The molecule has 0 spiro atoms. The number of aryl methyl sites for hydroxylation is 1. The average Bonchev–Trinajstić information content (AvgIpc) is 2.49. The van der Waals surface area contributed by atoms with Gasteiger partial charge in [-0.1, -0.05) is 15.9 Å². The highest BCUT2D eigenvalue weighted by molar-refractivity contribution is 9.10. The first-order valence-corrected chi connectivity index (χ1v) is 8.97. The van der Waals surface area contributed by atoms with Crippen molar-refractivity contribution < 1.29 is 8.42 Å². The van der Waals surface area contributed by atoms with Crippen LogP contribution in [0, 0.1) is 0 Å². The van der Waals surface area contributed by atoms with Crippen molar-refractivity contribution in [3.8, 4) is 0 Å². The minimum atomic E-state index is -3.55. The van der Waals surface area contributed by atoms with Crippen LogP contribution in [0.25, 0.3) is 0 Å². The van der Waals surface area contributed by atoms with E-state index in [1.54, 1.807) is 36.4 Å². The molecule has 0 radical (unpaired) electrons. The zero-order chi connectivity index (χ0) is 14.9. The standard InChI is InChI=1S/C15H15BrN2O2S/c16-12-3-5-13(6-4-12)18-21(19,20)14-7-8-15-11(10-14)2-1-9-17-15/h3-8,10,17-18H,1-2,9H2. The Kier molecular flexibility index (Phi) is 3.91. The summed E-state index contributed by atoms with van der Waals surface area (Å²) in [6.07, 6.45) is 1.93. The summed E-state index contributed by atoms with van der Waals surface area (Å²) in [4.78, 5) is 0.299. The molecule has 0 amide bonds. The number of hydrogen-bond donors (Lipinski definition) is 2. The fourth-order valence-corrected chi connectivity index (χ4v) is 3.72. The number of fused-ring (bicyclic) bond motifs is 1. The molecule has 2 N–H and O–H groups in total. The van der Waals surface area contributed by atoms with Gasteiger partial charge in [-0.05, 0) is 60.9 Å².